The van der Waals surface area contributed by atoms with Crippen LogP contribution >= 0.6 is 0 Å². The first-order valence-corrected chi connectivity index (χ1v) is 5.97. The van der Waals surface area contributed by atoms with Crippen molar-refractivity contribution >= 4 is 11.9 Å². The van der Waals surface area contributed by atoms with Gasteiger partial charge < -0.3 is 23.7 Å². The van der Waals surface area contributed by atoms with E-state index in [1.165, 1.54) is 28.1 Å². The molecule has 19 heavy (non-hydrogen) atoms. The first-order chi connectivity index (χ1) is 8.99. The lowest BCUT2D eigenvalue weighted by molar-refractivity contribution is -0.228. The third-order valence-electron chi connectivity index (χ3n) is 2.77. The molecule has 0 saturated carbocycles. The number of ether oxygens (including phenoxy) is 5. The summed E-state index contributed by atoms with van der Waals surface area (Å²) in [5, 5.41) is 0. The van der Waals surface area contributed by atoms with Gasteiger partial charge in [0.1, 0.15) is 12.2 Å². The van der Waals surface area contributed by atoms with Crippen molar-refractivity contribution in [3.05, 3.63) is 0 Å². The third-order valence-corrected chi connectivity index (χ3v) is 2.77. The van der Waals surface area contributed by atoms with Crippen LogP contribution in [0.4, 0.5) is 0 Å². The van der Waals surface area contributed by atoms with E-state index in [1.807, 2.05) is 0 Å². The van der Waals surface area contributed by atoms with Crippen molar-refractivity contribution in [1.82, 2.24) is 0 Å². The molecule has 1 aliphatic heterocycles. The standard InChI is InChI=1S/C12H20O7/c1-7(13)18-11-9(16-4)6-17-10(5-15-3)12(11)19-8(2)14/h9-12H,5-6H2,1-4H3/t9-,10+,11+,12+/m1/s1. The van der Waals surface area contributed by atoms with Crippen LogP contribution in [-0.4, -0.2) is 63.8 Å². The Bertz CT molecular complexity index is 317. The molecule has 0 aliphatic carbocycles. The molecule has 0 spiro atoms. The van der Waals surface area contributed by atoms with E-state index in [-0.39, 0.29) is 13.2 Å². The Kier molecular flexibility index (Phi) is 6.20. The van der Waals surface area contributed by atoms with Crippen molar-refractivity contribution < 1.29 is 33.3 Å². The molecule has 0 aromatic carbocycles. The number of hydrogen-bond acceptors (Lipinski definition) is 7. The fraction of sp³-hybridized carbons (Fsp3) is 0.833. The Hall–Kier alpha value is -1.18. The Labute approximate surface area is 112 Å². The molecular weight excluding hydrogens is 256 g/mol. The van der Waals surface area contributed by atoms with E-state index in [0.29, 0.717) is 0 Å². The topological polar surface area (TPSA) is 80.3 Å². The van der Waals surface area contributed by atoms with Crippen molar-refractivity contribution in [1.29, 1.82) is 0 Å². The fourth-order valence-electron chi connectivity index (χ4n) is 2.01. The maximum Gasteiger partial charge on any atom is 0.303 e. The summed E-state index contributed by atoms with van der Waals surface area (Å²) in [6.45, 7) is 3.04. The molecule has 1 aliphatic rings. The minimum Gasteiger partial charge on any atom is -0.456 e. The molecule has 0 unspecified atom stereocenters. The second-order valence-corrected chi connectivity index (χ2v) is 4.25. The van der Waals surface area contributed by atoms with Gasteiger partial charge in [-0.1, -0.05) is 0 Å². The fourth-order valence-corrected chi connectivity index (χ4v) is 2.01. The number of hydrogen-bond donors (Lipinski definition) is 0. The molecule has 4 atom stereocenters. The van der Waals surface area contributed by atoms with Gasteiger partial charge in [-0.25, -0.2) is 0 Å². The summed E-state index contributed by atoms with van der Waals surface area (Å²) in [5.74, 6) is -0.953. The first-order valence-electron chi connectivity index (χ1n) is 5.97. The molecular formula is C12H20O7. The van der Waals surface area contributed by atoms with Gasteiger partial charge >= 0.3 is 11.9 Å². The van der Waals surface area contributed by atoms with Crippen molar-refractivity contribution in [3.8, 4) is 0 Å². The molecule has 1 heterocycles. The van der Waals surface area contributed by atoms with Crippen LogP contribution in [0.15, 0.2) is 0 Å². The lowest BCUT2D eigenvalue weighted by atomic mass is 9.99. The minimum absolute atomic E-state index is 0.228. The molecule has 7 nitrogen and oxygen atoms in total. The van der Waals surface area contributed by atoms with Crippen LogP contribution in [0, 0.1) is 0 Å². The lowest BCUT2D eigenvalue weighted by Gasteiger charge is -2.40. The predicted octanol–water partition coefficient (Wildman–Crippen LogP) is -0.0900. The summed E-state index contributed by atoms with van der Waals surface area (Å²) >= 11 is 0. The maximum atomic E-state index is 11.2. The number of carbonyl (C=O) groups excluding carboxylic acids is 2. The number of rotatable bonds is 5. The normalized spacial score (nSPS) is 30.7. The summed E-state index contributed by atoms with van der Waals surface area (Å²) in [6, 6.07) is 0. The van der Waals surface area contributed by atoms with Gasteiger partial charge in [0, 0.05) is 28.1 Å². The summed E-state index contributed by atoms with van der Waals surface area (Å²) in [7, 11) is 2.99. The van der Waals surface area contributed by atoms with Gasteiger partial charge in [-0.3, -0.25) is 9.59 Å². The van der Waals surface area contributed by atoms with E-state index < -0.39 is 36.4 Å². The highest BCUT2D eigenvalue weighted by Crippen LogP contribution is 2.24. The Morgan fingerprint density at radius 1 is 1.11 bits per heavy atom. The average Bonchev–Trinajstić information content (AvgIpc) is 2.32. The Morgan fingerprint density at radius 2 is 1.68 bits per heavy atom. The lowest BCUT2D eigenvalue weighted by Crippen LogP contribution is -2.58. The number of esters is 2. The SMILES string of the molecule is COC[C@@H]1OC[C@@H](OC)[C@H](OC(C)=O)[C@H]1OC(C)=O. The zero-order chi connectivity index (χ0) is 14.4. The van der Waals surface area contributed by atoms with E-state index >= 15 is 0 Å². The number of methoxy groups -OCH3 is 2. The van der Waals surface area contributed by atoms with Crippen molar-refractivity contribution in [2.24, 2.45) is 0 Å². The molecule has 0 N–H and O–H groups in total. The molecule has 0 aromatic rings. The van der Waals surface area contributed by atoms with Crippen LogP contribution in [0.3, 0.4) is 0 Å². The van der Waals surface area contributed by atoms with Gasteiger partial charge in [0.2, 0.25) is 0 Å². The highest BCUT2D eigenvalue weighted by Gasteiger charge is 2.45. The Balaban J connectivity index is 2.89. The maximum absolute atomic E-state index is 11.2. The summed E-state index contributed by atoms with van der Waals surface area (Å²) in [4.78, 5) is 22.4. The molecule has 0 amide bonds. The highest BCUT2D eigenvalue weighted by atomic mass is 16.6. The zero-order valence-corrected chi connectivity index (χ0v) is 11.6. The predicted molar refractivity (Wildman–Crippen MR) is 63.5 cm³/mol. The van der Waals surface area contributed by atoms with Crippen LogP contribution in [0.5, 0.6) is 0 Å². The van der Waals surface area contributed by atoms with E-state index in [9.17, 15) is 9.59 Å². The van der Waals surface area contributed by atoms with E-state index in [0.717, 1.165) is 0 Å². The van der Waals surface area contributed by atoms with Crippen LogP contribution in [0.25, 0.3) is 0 Å². The molecule has 0 aromatic heterocycles. The molecule has 1 rings (SSSR count). The van der Waals surface area contributed by atoms with Crippen LogP contribution in [0.2, 0.25) is 0 Å². The van der Waals surface area contributed by atoms with Gasteiger partial charge in [-0.2, -0.15) is 0 Å². The van der Waals surface area contributed by atoms with Gasteiger partial charge in [0.25, 0.3) is 0 Å². The monoisotopic (exact) mass is 276 g/mol. The highest BCUT2D eigenvalue weighted by molar-refractivity contribution is 5.67. The average molecular weight is 276 g/mol. The van der Waals surface area contributed by atoms with Crippen LogP contribution in [-0.2, 0) is 33.3 Å². The number of carbonyl (C=O) groups is 2. The van der Waals surface area contributed by atoms with E-state index in [4.69, 9.17) is 23.7 Å². The smallest absolute Gasteiger partial charge is 0.303 e. The van der Waals surface area contributed by atoms with Crippen molar-refractivity contribution in [2.45, 2.75) is 38.3 Å². The molecule has 0 bridgehead atoms. The Morgan fingerprint density at radius 3 is 2.16 bits per heavy atom. The molecule has 7 heteroatoms. The van der Waals surface area contributed by atoms with Gasteiger partial charge in [0.05, 0.1) is 13.2 Å². The molecule has 1 fully saturated rings. The van der Waals surface area contributed by atoms with Crippen LogP contribution in [0.1, 0.15) is 13.8 Å². The second-order valence-electron chi connectivity index (χ2n) is 4.25. The van der Waals surface area contributed by atoms with Crippen molar-refractivity contribution in [2.75, 3.05) is 27.4 Å². The van der Waals surface area contributed by atoms with E-state index in [2.05, 4.69) is 0 Å². The van der Waals surface area contributed by atoms with Crippen molar-refractivity contribution in [3.63, 3.8) is 0 Å². The van der Waals surface area contributed by atoms with Gasteiger partial charge in [-0.15, -0.1) is 0 Å². The largest absolute Gasteiger partial charge is 0.456 e. The summed E-state index contributed by atoms with van der Waals surface area (Å²) in [6.07, 6.45) is -2.44. The molecule has 0 radical (unpaired) electrons. The van der Waals surface area contributed by atoms with Gasteiger partial charge in [0.15, 0.2) is 12.2 Å². The summed E-state index contributed by atoms with van der Waals surface area (Å²) < 4.78 is 26.2. The van der Waals surface area contributed by atoms with E-state index in [1.54, 1.807) is 0 Å². The third kappa shape index (κ3) is 4.45. The minimum atomic E-state index is -0.750. The van der Waals surface area contributed by atoms with Crippen LogP contribution < -0.4 is 0 Å². The summed E-state index contributed by atoms with van der Waals surface area (Å²) in [5.41, 5.74) is 0. The molecule has 110 valence electrons. The molecule has 1 saturated heterocycles. The second kappa shape index (κ2) is 7.42. The zero-order valence-electron chi connectivity index (χ0n) is 11.6. The first kappa shape index (κ1) is 15.9. The quantitative estimate of drug-likeness (QED) is 0.649. The van der Waals surface area contributed by atoms with Gasteiger partial charge in [-0.05, 0) is 0 Å².